The molecule has 18 heavy (non-hydrogen) atoms. The van der Waals surface area contributed by atoms with Crippen molar-refractivity contribution in [3.8, 4) is 0 Å². The summed E-state index contributed by atoms with van der Waals surface area (Å²) in [4.78, 5) is 25.4. The first kappa shape index (κ1) is 13.3. The maximum atomic E-state index is 11.8. The number of hydrogen-bond donors (Lipinski definition) is 1. The van der Waals surface area contributed by atoms with Gasteiger partial charge < -0.3 is 19.7 Å². The highest BCUT2D eigenvalue weighted by Gasteiger charge is 2.23. The zero-order chi connectivity index (χ0) is 12.8. The van der Waals surface area contributed by atoms with E-state index in [1.165, 1.54) is 0 Å². The lowest BCUT2D eigenvalue weighted by Gasteiger charge is -2.27. The highest BCUT2D eigenvalue weighted by molar-refractivity contribution is 5.85. The summed E-state index contributed by atoms with van der Waals surface area (Å²) in [6, 6.07) is 0. The van der Waals surface area contributed by atoms with Crippen molar-refractivity contribution in [3.63, 3.8) is 0 Å². The summed E-state index contributed by atoms with van der Waals surface area (Å²) in [6.45, 7) is 3.76. The SMILES string of the molecule is O=C(NCC(=O)N1CCOCC1)C1CCOCC1. The summed E-state index contributed by atoms with van der Waals surface area (Å²) in [5, 5.41) is 2.72. The molecule has 2 amide bonds. The molecular formula is C12H20N2O4. The molecule has 0 spiro atoms. The van der Waals surface area contributed by atoms with Gasteiger partial charge in [0.25, 0.3) is 0 Å². The zero-order valence-corrected chi connectivity index (χ0v) is 10.5. The van der Waals surface area contributed by atoms with E-state index < -0.39 is 0 Å². The standard InChI is InChI=1S/C12H20N2O4/c15-11(14-3-7-18-8-4-14)9-13-12(16)10-1-5-17-6-2-10/h10H,1-9H2,(H,13,16). The lowest BCUT2D eigenvalue weighted by molar-refractivity contribution is -0.137. The Morgan fingerprint density at radius 1 is 1.06 bits per heavy atom. The monoisotopic (exact) mass is 256 g/mol. The second-order valence-electron chi connectivity index (χ2n) is 4.60. The molecule has 0 aliphatic carbocycles. The second-order valence-corrected chi connectivity index (χ2v) is 4.60. The van der Waals surface area contributed by atoms with Crippen LogP contribution < -0.4 is 5.32 Å². The largest absolute Gasteiger partial charge is 0.381 e. The van der Waals surface area contributed by atoms with E-state index in [2.05, 4.69) is 5.32 Å². The predicted octanol–water partition coefficient (Wildman–Crippen LogP) is -0.612. The molecule has 0 radical (unpaired) electrons. The molecule has 2 heterocycles. The van der Waals surface area contributed by atoms with Gasteiger partial charge in [-0.1, -0.05) is 0 Å². The van der Waals surface area contributed by atoms with Gasteiger partial charge in [-0.25, -0.2) is 0 Å². The summed E-state index contributed by atoms with van der Waals surface area (Å²) < 4.78 is 10.4. The van der Waals surface area contributed by atoms with Gasteiger partial charge in [-0.05, 0) is 12.8 Å². The first-order valence-electron chi connectivity index (χ1n) is 6.48. The Kier molecular flexibility index (Phi) is 4.95. The summed E-state index contributed by atoms with van der Waals surface area (Å²) in [7, 11) is 0. The zero-order valence-electron chi connectivity index (χ0n) is 10.5. The Labute approximate surface area is 107 Å². The third-order valence-corrected chi connectivity index (χ3v) is 3.37. The van der Waals surface area contributed by atoms with Crippen molar-refractivity contribution in [2.24, 2.45) is 5.92 Å². The number of morpholine rings is 1. The van der Waals surface area contributed by atoms with Crippen LogP contribution in [0.25, 0.3) is 0 Å². The number of hydrogen-bond acceptors (Lipinski definition) is 4. The van der Waals surface area contributed by atoms with Gasteiger partial charge in [0.2, 0.25) is 11.8 Å². The number of carbonyl (C=O) groups excluding carboxylic acids is 2. The van der Waals surface area contributed by atoms with E-state index in [-0.39, 0.29) is 24.3 Å². The van der Waals surface area contributed by atoms with Crippen LogP contribution in [0.5, 0.6) is 0 Å². The van der Waals surface area contributed by atoms with Crippen LogP contribution in [0, 0.1) is 5.92 Å². The second kappa shape index (κ2) is 6.70. The highest BCUT2D eigenvalue weighted by Crippen LogP contribution is 2.14. The lowest BCUT2D eigenvalue weighted by atomic mass is 9.99. The molecule has 1 N–H and O–H groups in total. The quantitative estimate of drug-likeness (QED) is 0.731. The van der Waals surface area contributed by atoms with Gasteiger partial charge in [0.05, 0.1) is 19.8 Å². The van der Waals surface area contributed by atoms with Gasteiger partial charge in [0.15, 0.2) is 0 Å². The summed E-state index contributed by atoms with van der Waals surface area (Å²) in [6.07, 6.45) is 1.50. The first-order chi connectivity index (χ1) is 8.77. The van der Waals surface area contributed by atoms with Crippen molar-refractivity contribution < 1.29 is 19.1 Å². The Morgan fingerprint density at radius 3 is 2.33 bits per heavy atom. The molecule has 0 aromatic rings. The minimum atomic E-state index is -0.0290. The molecule has 0 aromatic heterocycles. The lowest BCUT2D eigenvalue weighted by Crippen LogP contribution is -2.46. The van der Waals surface area contributed by atoms with Crippen molar-refractivity contribution in [2.45, 2.75) is 12.8 Å². The van der Waals surface area contributed by atoms with E-state index in [9.17, 15) is 9.59 Å². The Bertz CT molecular complexity index is 266. The van der Waals surface area contributed by atoms with E-state index in [1.807, 2.05) is 0 Å². The molecule has 2 rings (SSSR count). The molecule has 2 aliphatic rings. The van der Waals surface area contributed by atoms with Gasteiger partial charge in [0, 0.05) is 32.2 Å². The molecule has 2 aliphatic heterocycles. The van der Waals surface area contributed by atoms with Crippen LogP contribution in [0.3, 0.4) is 0 Å². The molecule has 0 saturated carbocycles. The third kappa shape index (κ3) is 3.68. The number of amides is 2. The number of ether oxygens (including phenoxy) is 2. The normalized spacial score (nSPS) is 21.7. The molecular weight excluding hydrogens is 236 g/mol. The molecule has 6 heteroatoms. The van der Waals surface area contributed by atoms with Gasteiger partial charge in [-0.3, -0.25) is 9.59 Å². The molecule has 0 aromatic carbocycles. The van der Waals surface area contributed by atoms with Gasteiger partial charge in [0.1, 0.15) is 0 Å². The summed E-state index contributed by atoms with van der Waals surface area (Å²) >= 11 is 0. The fourth-order valence-corrected chi connectivity index (χ4v) is 2.19. The molecule has 6 nitrogen and oxygen atoms in total. The maximum Gasteiger partial charge on any atom is 0.242 e. The van der Waals surface area contributed by atoms with Crippen LogP contribution in [-0.4, -0.2) is 62.8 Å². The molecule has 2 saturated heterocycles. The Hall–Kier alpha value is -1.14. The number of nitrogens with zero attached hydrogens (tertiary/aromatic N) is 1. The van der Waals surface area contributed by atoms with E-state index in [0.717, 1.165) is 12.8 Å². The van der Waals surface area contributed by atoms with Crippen molar-refractivity contribution in [3.05, 3.63) is 0 Å². The van der Waals surface area contributed by atoms with Gasteiger partial charge >= 0.3 is 0 Å². The summed E-state index contributed by atoms with van der Waals surface area (Å²) in [5.41, 5.74) is 0. The Balaban J connectivity index is 1.69. The van der Waals surface area contributed by atoms with E-state index in [1.54, 1.807) is 4.90 Å². The number of carbonyl (C=O) groups is 2. The average molecular weight is 256 g/mol. The van der Waals surface area contributed by atoms with Crippen LogP contribution in [0.1, 0.15) is 12.8 Å². The molecule has 0 unspecified atom stereocenters. The average Bonchev–Trinajstić information content (AvgIpc) is 2.46. The minimum absolute atomic E-state index is 0.00348. The fraction of sp³-hybridized carbons (Fsp3) is 0.833. The summed E-state index contributed by atoms with van der Waals surface area (Å²) in [5.74, 6) is -0.0603. The van der Waals surface area contributed by atoms with Crippen LogP contribution in [0.4, 0.5) is 0 Å². The van der Waals surface area contributed by atoms with Crippen molar-refractivity contribution in [1.82, 2.24) is 10.2 Å². The minimum Gasteiger partial charge on any atom is -0.381 e. The van der Waals surface area contributed by atoms with Gasteiger partial charge in [-0.15, -0.1) is 0 Å². The van der Waals surface area contributed by atoms with Gasteiger partial charge in [-0.2, -0.15) is 0 Å². The van der Waals surface area contributed by atoms with E-state index in [0.29, 0.717) is 39.5 Å². The molecule has 102 valence electrons. The van der Waals surface area contributed by atoms with E-state index >= 15 is 0 Å². The van der Waals surface area contributed by atoms with Crippen LogP contribution in [0.15, 0.2) is 0 Å². The smallest absolute Gasteiger partial charge is 0.242 e. The molecule has 0 atom stereocenters. The van der Waals surface area contributed by atoms with Crippen molar-refractivity contribution >= 4 is 11.8 Å². The van der Waals surface area contributed by atoms with E-state index in [4.69, 9.17) is 9.47 Å². The third-order valence-electron chi connectivity index (χ3n) is 3.37. The van der Waals surface area contributed by atoms with Crippen LogP contribution in [0.2, 0.25) is 0 Å². The molecule has 0 bridgehead atoms. The maximum absolute atomic E-state index is 11.8. The number of rotatable bonds is 3. The van der Waals surface area contributed by atoms with Crippen LogP contribution in [-0.2, 0) is 19.1 Å². The topological polar surface area (TPSA) is 67.9 Å². The predicted molar refractivity (Wildman–Crippen MR) is 64.0 cm³/mol. The number of nitrogens with one attached hydrogen (secondary N) is 1. The van der Waals surface area contributed by atoms with Crippen molar-refractivity contribution in [1.29, 1.82) is 0 Å². The Morgan fingerprint density at radius 2 is 1.67 bits per heavy atom. The first-order valence-corrected chi connectivity index (χ1v) is 6.48. The van der Waals surface area contributed by atoms with Crippen molar-refractivity contribution in [2.75, 3.05) is 46.1 Å². The highest BCUT2D eigenvalue weighted by atomic mass is 16.5. The fourth-order valence-electron chi connectivity index (χ4n) is 2.19. The molecule has 2 fully saturated rings. The van der Waals surface area contributed by atoms with Crippen LogP contribution >= 0.6 is 0 Å².